The molecule has 0 fully saturated rings. The highest BCUT2D eigenvalue weighted by molar-refractivity contribution is 5.13. The van der Waals surface area contributed by atoms with Crippen LogP contribution in [0.15, 0.2) is 35.6 Å². The minimum Gasteiger partial charge on any atom is -0.250 e. The summed E-state index contributed by atoms with van der Waals surface area (Å²) in [6, 6.07) is 9.57. The van der Waals surface area contributed by atoms with Gasteiger partial charge < -0.3 is 0 Å². The third kappa shape index (κ3) is 2.67. The SMILES string of the molecule is CN(N=O)OCc1ccccc1. The molecule has 0 N–H and O–H groups in total. The molecule has 0 bridgehead atoms. The van der Waals surface area contributed by atoms with Gasteiger partial charge in [-0.05, 0) is 5.56 Å². The molecule has 4 heteroatoms. The molecule has 0 aliphatic heterocycles. The van der Waals surface area contributed by atoms with Crippen molar-refractivity contribution in [3.05, 3.63) is 40.8 Å². The van der Waals surface area contributed by atoms with Crippen LogP contribution in [0.4, 0.5) is 0 Å². The second-order valence-corrected chi connectivity index (χ2v) is 2.30. The number of hydroxylamine groups is 1. The highest BCUT2D eigenvalue weighted by Crippen LogP contribution is 2.01. The van der Waals surface area contributed by atoms with Crippen molar-refractivity contribution in [3.8, 4) is 0 Å². The summed E-state index contributed by atoms with van der Waals surface area (Å²) in [5.74, 6) is 0. The molecule has 1 aromatic rings. The second kappa shape index (κ2) is 4.46. The molecule has 0 saturated carbocycles. The molecule has 0 spiro atoms. The van der Waals surface area contributed by atoms with Crippen LogP contribution in [0, 0.1) is 4.91 Å². The normalized spacial score (nSPS) is 9.42. The summed E-state index contributed by atoms with van der Waals surface area (Å²) in [5, 5.41) is 3.46. The van der Waals surface area contributed by atoms with E-state index in [1.165, 1.54) is 7.05 Å². The maximum atomic E-state index is 9.88. The van der Waals surface area contributed by atoms with Crippen LogP contribution in [-0.4, -0.2) is 12.2 Å². The lowest BCUT2D eigenvalue weighted by atomic mass is 10.2. The molecule has 0 amide bonds. The van der Waals surface area contributed by atoms with Crippen LogP contribution in [0.1, 0.15) is 5.56 Å². The molecule has 0 aliphatic rings. The van der Waals surface area contributed by atoms with Crippen LogP contribution in [-0.2, 0) is 11.4 Å². The second-order valence-electron chi connectivity index (χ2n) is 2.30. The highest BCUT2D eigenvalue weighted by Gasteiger charge is 1.95. The van der Waals surface area contributed by atoms with E-state index in [1.807, 2.05) is 30.3 Å². The van der Waals surface area contributed by atoms with Crippen molar-refractivity contribution in [1.29, 1.82) is 0 Å². The van der Waals surface area contributed by atoms with Crippen molar-refractivity contribution >= 4 is 0 Å². The van der Waals surface area contributed by atoms with Gasteiger partial charge in [-0.3, -0.25) is 0 Å². The average molecular weight is 166 g/mol. The van der Waals surface area contributed by atoms with E-state index >= 15 is 0 Å². The van der Waals surface area contributed by atoms with Gasteiger partial charge in [-0.15, -0.1) is 10.1 Å². The summed E-state index contributed by atoms with van der Waals surface area (Å²) >= 11 is 0. The van der Waals surface area contributed by atoms with Crippen LogP contribution in [0.2, 0.25) is 0 Å². The number of hydrogen-bond donors (Lipinski definition) is 0. The van der Waals surface area contributed by atoms with E-state index in [2.05, 4.69) is 5.29 Å². The molecule has 0 aromatic heterocycles. The Bertz CT molecular complexity index is 238. The maximum absolute atomic E-state index is 9.88. The molecule has 1 aromatic carbocycles. The van der Waals surface area contributed by atoms with Gasteiger partial charge in [-0.25, -0.2) is 4.84 Å². The Morgan fingerprint density at radius 2 is 2.08 bits per heavy atom. The topological polar surface area (TPSA) is 41.9 Å². The molecule has 0 radical (unpaired) electrons. The van der Waals surface area contributed by atoms with Crippen molar-refractivity contribution < 1.29 is 4.84 Å². The molecule has 12 heavy (non-hydrogen) atoms. The first kappa shape index (κ1) is 8.67. The Kier molecular flexibility index (Phi) is 3.22. The number of hydrogen-bond acceptors (Lipinski definition) is 3. The van der Waals surface area contributed by atoms with Gasteiger partial charge in [-0.2, -0.15) is 0 Å². The van der Waals surface area contributed by atoms with Gasteiger partial charge in [0, 0.05) is 0 Å². The molecule has 0 unspecified atom stereocenters. The quantitative estimate of drug-likeness (QED) is 0.505. The third-order valence-electron chi connectivity index (χ3n) is 1.38. The summed E-state index contributed by atoms with van der Waals surface area (Å²) in [5.41, 5.74) is 1.01. The smallest absolute Gasteiger partial charge is 0.102 e. The molecule has 1 rings (SSSR count). The monoisotopic (exact) mass is 166 g/mol. The van der Waals surface area contributed by atoms with E-state index in [1.54, 1.807) is 0 Å². The highest BCUT2D eigenvalue weighted by atomic mass is 16.7. The van der Waals surface area contributed by atoms with Crippen molar-refractivity contribution in [2.45, 2.75) is 6.61 Å². The number of benzene rings is 1. The van der Waals surface area contributed by atoms with Crippen molar-refractivity contribution in [3.63, 3.8) is 0 Å². The molecule has 4 nitrogen and oxygen atoms in total. The Labute approximate surface area is 70.7 Å². The number of nitrogens with zero attached hydrogens (tertiary/aromatic N) is 2. The molecule has 64 valence electrons. The predicted molar refractivity (Wildman–Crippen MR) is 44.8 cm³/mol. The van der Waals surface area contributed by atoms with Crippen molar-refractivity contribution in [2.24, 2.45) is 5.29 Å². The van der Waals surface area contributed by atoms with E-state index in [9.17, 15) is 4.91 Å². The molecule has 0 atom stereocenters. The van der Waals surface area contributed by atoms with E-state index in [-0.39, 0.29) is 0 Å². The molecular weight excluding hydrogens is 156 g/mol. The summed E-state index contributed by atoms with van der Waals surface area (Å²) in [7, 11) is 1.45. The first-order valence-electron chi connectivity index (χ1n) is 3.57. The minimum absolute atomic E-state index is 0.364. The van der Waals surface area contributed by atoms with Gasteiger partial charge in [0.2, 0.25) is 0 Å². The van der Waals surface area contributed by atoms with Crippen LogP contribution in [0.5, 0.6) is 0 Å². The first-order valence-corrected chi connectivity index (χ1v) is 3.57. The largest absolute Gasteiger partial charge is 0.250 e. The van der Waals surface area contributed by atoms with Gasteiger partial charge in [0.25, 0.3) is 0 Å². The van der Waals surface area contributed by atoms with Crippen LogP contribution in [0.25, 0.3) is 0 Å². The number of nitroso groups, excluding NO2 is 1. The van der Waals surface area contributed by atoms with Crippen LogP contribution < -0.4 is 0 Å². The maximum Gasteiger partial charge on any atom is 0.102 e. The summed E-state index contributed by atoms with van der Waals surface area (Å²) in [6.45, 7) is 0.364. The van der Waals surface area contributed by atoms with Gasteiger partial charge in [0.1, 0.15) is 6.61 Å². The van der Waals surface area contributed by atoms with E-state index < -0.39 is 0 Å². The zero-order valence-corrected chi connectivity index (χ0v) is 6.80. The minimum atomic E-state index is 0.364. The standard InChI is InChI=1S/C8H10N2O2/c1-10(9-11)12-7-8-5-3-2-4-6-8/h2-6H,7H2,1H3. The van der Waals surface area contributed by atoms with Crippen LogP contribution in [0.3, 0.4) is 0 Å². The molecule has 0 saturated heterocycles. The van der Waals surface area contributed by atoms with Gasteiger partial charge in [0.05, 0.1) is 12.3 Å². The van der Waals surface area contributed by atoms with Gasteiger partial charge in [0.15, 0.2) is 0 Å². The summed E-state index contributed by atoms with van der Waals surface area (Å²) < 4.78 is 0. The average Bonchev–Trinajstić information content (AvgIpc) is 2.16. The summed E-state index contributed by atoms with van der Waals surface area (Å²) in [6.07, 6.45) is 0. The Morgan fingerprint density at radius 1 is 1.42 bits per heavy atom. The van der Waals surface area contributed by atoms with Crippen molar-refractivity contribution in [1.82, 2.24) is 5.17 Å². The summed E-state index contributed by atoms with van der Waals surface area (Å²) in [4.78, 5) is 14.8. The fourth-order valence-electron chi connectivity index (χ4n) is 0.766. The Morgan fingerprint density at radius 3 is 2.67 bits per heavy atom. The lowest BCUT2D eigenvalue weighted by Gasteiger charge is -2.07. The Balaban J connectivity index is 2.38. The van der Waals surface area contributed by atoms with Gasteiger partial charge >= 0.3 is 0 Å². The fourth-order valence-corrected chi connectivity index (χ4v) is 0.766. The predicted octanol–water partition coefficient (Wildman–Crippen LogP) is 1.73. The van der Waals surface area contributed by atoms with Crippen LogP contribution >= 0.6 is 0 Å². The first-order chi connectivity index (χ1) is 5.83. The molecular formula is C8H10N2O2. The van der Waals surface area contributed by atoms with E-state index in [4.69, 9.17) is 4.84 Å². The van der Waals surface area contributed by atoms with E-state index in [0.29, 0.717) is 6.61 Å². The Hall–Kier alpha value is -1.42. The fraction of sp³-hybridized carbons (Fsp3) is 0.250. The van der Waals surface area contributed by atoms with Crippen molar-refractivity contribution in [2.75, 3.05) is 7.05 Å². The third-order valence-corrected chi connectivity index (χ3v) is 1.38. The lowest BCUT2D eigenvalue weighted by Crippen LogP contribution is -2.10. The zero-order chi connectivity index (χ0) is 8.81. The lowest BCUT2D eigenvalue weighted by molar-refractivity contribution is -0.151. The molecule has 0 aliphatic carbocycles. The number of rotatable bonds is 4. The zero-order valence-electron chi connectivity index (χ0n) is 6.80. The van der Waals surface area contributed by atoms with Gasteiger partial charge in [-0.1, -0.05) is 30.3 Å². The van der Waals surface area contributed by atoms with E-state index in [0.717, 1.165) is 10.7 Å². The molecule has 0 heterocycles.